The van der Waals surface area contributed by atoms with Gasteiger partial charge in [0.2, 0.25) is 0 Å². The van der Waals surface area contributed by atoms with Gasteiger partial charge in [0.15, 0.2) is 0 Å². The first kappa shape index (κ1) is 37.2. The molecule has 11 aromatic rings. The molecule has 2 aliphatic carbocycles. The Labute approximate surface area is 375 Å². The molecular weight excluding hydrogens is 799 g/mol. The predicted octanol–water partition coefficient (Wildman–Crippen LogP) is 16.7. The lowest BCUT2D eigenvalue weighted by molar-refractivity contribution is 0.628. The molecule has 0 aliphatic heterocycles. The van der Waals surface area contributed by atoms with Crippen LogP contribution in [0, 0.1) is 11.6 Å². The van der Waals surface area contributed by atoms with Crippen molar-refractivity contribution in [3.8, 4) is 22.3 Å². The van der Waals surface area contributed by atoms with Crippen LogP contribution in [0.5, 0.6) is 0 Å². The maximum Gasteiger partial charge on any atom is 0.147 e. The van der Waals surface area contributed by atoms with Crippen LogP contribution in [0.2, 0.25) is 0 Å². The second-order valence-corrected chi connectivity index (χ2v) is 17.1. The van der Waals surface area contributed by atoms with Crippen LogP contribution in [0.3, 0.4) is 0 Å². The van der Waals surface area contributed by atoms with Crippen LogP contribution in [0.4, 0.5) is 42.9 Å². The summed E-state index contributed by atoms with van der Waals surface area (Å²) < 4.78 is 31.5. The van der Waals surface area contributed by atoms with Crippen molar-refractivity contribution < 1.29 is 8.78 Å². The van der Waals surface area contributed by atoms with Crippen molar-refractivity contribution in [2.24, 2.45) is 0 Å². The molecule has 4 heteroatoms. The van der Waals surface area contributed by atoms with E-state index < -0.39 is 5.41 Å². The lowest BCUT2D eigenvalue weighted by Gasteiger charge is -2.31. The van der Waals surface area contributed by atoms with E-state index in [1.165, 1.54) is 67.4 Å². The van der Waals surface area contributed by atoms with Gasteiger partial charge in [-0.05, 0) is 174 Å². The average molecular weight is 837 g/mol. The normalized spacial score (nSPS) is 12.9. The van der Waals surface area contributed by atoms with Gasteiger partial charge in [0.1, 0.15) is 11.6 Å². The smallest absolute Gasteiger partial charge is 0.147 e. The molecule has 0 radical (unpaired) electrons. The molecule has 0 unspecified atom stereocenters. The van der Waals surface area contributed by atoms with E-state index >= 15 is 8.78 Å². The van der Waals surface area contributed by atoms with E-state index in [2.05, 4.69) is 121 Å². The molecule has 2 aliphatic rings. The Morgan fingerprint density at radius 3 is 1.34 bits per heavy atom. The van der Waals surface area contributed by atoms with Gasteiger partial charge in [-0.2, -0.15) is 0 Å². The molecule has 0 fully saturated rings. The highest BCUT2D eigenvalue weighted by Gasteiger charge is 2.52. The van der Waals surface area contributed by atoms with Crippen molar-refractivity contribution in [3.05, 3.63) is 264 Å². The van der Waals surface area contributed by atoms with Gasteiger partial charge in [-0.1, -0.05) is 133 Å². The molecule has 2 nitrogen and oxygen atoms in total. The van der Waals surface area contributed by atoms with Gasteiger partial charge in [-0.15, -0.1) is 0 Å². The predicted molar refractivity (Wildman–Crippen MR) is 265 cm³/mol. The molecule has 1 spiro atoms. The summed E-state index contributed by atoms with van der Waals surface area (Å²) in [6, 6.07) is 78.6. The quantitative estimate of drug-likeness (QED) is 0.165. The largest absolute Gasteiger partial charge is 0.308 e. The van der Waals surface area contributed by atoms with Crippen molar-refractivity contribution in [2.45, 2.75) is 5.41 Å². The van der Waals surface area contributed by atoms with Crippen molar-refractivity contribution in [3.63, 3.8) is 0 Å². The number of hydrogen-bond donors (Lipinski definition) is 0. The summed E-state index contributed by atoms with van der Waals surface area (Å²) in [6.45, 7) is 0. The van der Waals surface area contributed by atoms with Gasteiger partial charge in [0.05, 0.1) is 16.8 Å². The first-order chi connectivity index (χ1) is 32.1. The Morgan fingerprint density at radius 1 is 0.292 bits per heavy atom. The highest BCUT2D eigenvalue weighted by Crippen LogP contribution is 2.65. The van der Waals surface area contributed by atoms with Crippen LogP contribution < -0.4 is 9.80 Å². The third-order valence-corrected chi connectivity index (χ3v) is 13.7. The Balaban J connectivity index is 1.09. The van der Waals surface area contributed by atoms with Gasteiger partial charge < -0.3 is 9.80 Å². The fourth-order valence-corrected chi connectivity index (χ4v) is 11.0. The fourth-order valence-electron chi connectivity index (χ4n) is 11.0. The first-order valence-corrected chi connectivity index (χ1v) is 22.0. The summed E-state index contributed by atoms with van der Waals surface area (Å²) in [5, 5.41) is 6.75. The summed E-state index contributed by atoms with van der Waals surface area (Å²) in [5.41, 5.74) is 13.6. The number of nitrogens with zero attached hydrogens (tertiary/aromatic N) is 2. The van der Waals surface area contributed by atoms with Crippen LogP contribution in [0.15, 0.2) is 231 Å². The minimum atomic E-state index is -0.662. The number of halogens is 2. The topological polar surface area (TPSA) is 6.48 Å². The van der Waals surface area contributed by atoms with Gasteiger partial charge in [0, 0.05) is 22.7 Å². The third kappa shape index (κ3) is 5.50. The minimum Gasteiger partial charge on any atom is -0.308 e. The lowest BCUT2D eigenvalue weighted by atomic mass is 9.70. The lowest BCUT2D eigenvalue weighted by Crippen LogP contribution is -2.26. The van der Waals surface area contributed by atoms with Crippen molar-refractivity contribution in [2.75, 3.05) is 9.80 Å². The van der Waals surface area contributed by atoms with Crippen molar-refractivity contribution >= 4 is 66.4 Å². The van der Waals surface area contributed by atoms with Gasteiger partial charge in [-0.25, -0.2) is 8.78 Å². The third-order valence-electron chi connectivity index (χ3n) is 13.7. The molecule has 11 aromatic carbocycles. The molecule has 0 N–H and O–H groups in total. The number of fused-ring (bicyclic) bond motifs is 14. The average Bonchev–Trinajstić information content (AvgIpc) is 3.81. The van der Waals surface area contributed by atoms with E-state index in [0.29, 0.717) is 11.4 Å². The zero-order chi connectivity index (χ0) is 43.2. The molecule has 0 amide bonds. The molecule has 13 rings (SSSR count). The van der Waals surface area contributed by atoms with Gasteiger partial charge in [0.25, 0.3) is 0 Å². The van der Waals surface area contributed by atoms with Crippen LogP contribution in [-0.2, 0) is 5.41 Å². The molecule has 65 heavy (non-hydrogen) atoms. The van der Waals surface area contributed by atoms with Crippen LogP contribution in [-0.4, -0.2) is 0 Å². The molecule has 0 saturated heterocycles. The molecule has 306 valence electrons. The van der Waals surface area contributed by atoms with Crippen LogP contribution in [0.1, 0.15) is 22.3 Å². The summed E-state index contributed by atoms with van der Waals surface area (Å²) in [4.78, 5) is 4.01. The van der Waals surface area contributed by atoms with Gasteiger partial charge >= 0.3 is 0 Å². The molecule has 0 atom stereocenters. The minimum absolute atomic E-state index is 0.290. The molecule has 0 heterocycles. The molecular formula is C61H38F2N2. The van der Waals surface area contributed by atoms with Gasteiger partial charge in [-0.3, -0.25) is 0 Å². The zero-order valence-corrected chi connectivity index (χ0v) is 35.1. The van der Waals surface area contributed by atoms with Crippen LogP contribution >= 0.6 is 0 Å². The Morgan fingerprint density at radius 2 is 0.769 bits per heavy atom. The summed E-state index contributed by atoms with van der Waals surface area (Å²) >= 11 is 0. The van der Waals surface area contributed by atoms with Crippen LogP contribution in [0.25, 0.3) is 54.6 Å². The Kier molecular flexibility index (Phi) is 8.22. The number of anilines is 6. The SMILES string of the molecule is Fc1ccccc1N(c1ccccc1)c1ccc2cc3c(cc2c1)C1(c2cc4cc(N(c5ccccc5)c5ccccc5F)ccc4cc2-3)c2ccccc2-c2c1ccc1ccccc21. The van der Waals surface area contributed by atoms with E-state index in [1.54, 1.807) is 12.1 Å². The monoisotopic (exact) mass is 836 g/mol. The number of para-hydroxylation sites is 4. The highest BCUT2D eigenvalue weighted by atomic mass is 19.1. The summed E-state index contributed by atoms with van der Waals surface area (Å²) in [6.07, 6.45) is 0. The van der Waals surface area contributed by atoms with Crippen molar-refractivity contribution in [1.82, 2.24) is 0 Å². The van der Waals surface area contributed by atoms with E-state index in [4.69, 9.17) is 0 Å². The van der Waals surface area contributed by atoms with E-state index in [-0.39, 0.29) is 11.6 Å². The van der Waals surface area contributed by atoms with E-state index in [1.807, 2.05) is 94.7 Å². The molecule has 0 saturated carbocycles. The zero-order valence-electron chi connectivity index (χ0n) is 35.1. The summed E-state index contributed by atoms with van der Waals surface area (Å²) in [7, 11) is 0. The second-order valence-electron chi connectivity index (χ2n) is 17.1. The maximum atomic E-state index is 15.8. The van der Waals surface area contributed by atoms with Crippen molar-refractivity contribution in [1.29, 1.82) is 0 Å². The standard InChI is InChI=1S/C61H38F2N2/c62-56-23-11-13-25-58(56)64(44-16-3-1-4-17-44)46-30-27-40-35-50-51-36-41-28-31-47(65(45-18-5-2-6-19-45)59-26-14-12-24-57(59)63)34-43(41)38-55(51)61(54(50)37-42(40)33-46)52-22-10-9-21-49(52)60-48-20-8-7-15-39(48)29-32-53(60)61/h1-38H. The Bertz CT molecular complexity index is 3530. The Hall–Kier alpha value is -8.34. The van der Waals surface area contributed by atoms with E-state index in [0.717, 1.165) is 44.3 Å². The number of rotatable bonds is 6. The molecule has 0 aromatic heterocycles. The van der Waals surface area contributed by atoms with E-state index in [9.17, 15) is 0 Å². The second kappa shape index (κ2) is 14.3. The number of benzene rings is 11. The fraction of sp³-hybridized carbons (Fsp3) is 0.0164. The highest BCUT2D eigenvalue weighted by molar-refractivity contribution is 6.09. The summed E-state index contributed by atoms with van der Waals surface area (Å²) in [5.74, 6) is -0.579. The maximum absolute atomic E-state index is 15.8. The molecule has 0 bridgehead atoms. The first-order valence-electron chi connectivity index (χ1n) is 22.0. The number of hydrogen-bond acceptors (Lipinski definition) is 2.